The first-order chi connectivity index (χ1) is 13.0. The Kier molecular flexibility index (Phi) is 5.37. The van der Waals surface area contributed by atoms with Crippen molar-refractivity contribution in [3.05, 3.63) is 75.6 Å². The van der Waals surface area contributed by atoms with Gasteiger partial charge in [0.05, 0.1) is 4.43 Å². The molecule has 0 aliphatic rings. The summed E-state index contributed by atoms with van der Waals surface area (Å²) in [6, 6.07) is 12.6. The largest absolute Gasteiger partial charge is 0.805 e. The van der Waals surface area contributed by atoms with Crippen LogP contribution in [0.15, 0.2) is 48.5 Å². The number of fused-ring (bicyclic) bond motifs is 1. The Hall–Kier alpha value is -3.39. The first kappa shape index (κ1) is 18.4. The predicted molar refractivity (Wildman–Crippen MR) is 96.2 cm³/mol. The van der Waals surface area contributed by atoms with Crippen LogP contribution in [0, 0.1) is 10.1 Å². The molecule has 0 aliphatic carbocycles. The molecule has 27 heavy (non-hydrogen) atoms. The molecule has 0 spiro atoms. The molecule has 0 aliphatic heterocycles. The fourth-order valence-electron chi connectivity index (χ4n) is 2.76. The number of phenols is 1. The number of benzene rings is 2. The summed E-state index contributed by atoms with van der Waals surface area (Å²) < 4.78 is 6.11. The van der Waals surface area contributed by atoms with Gasteiger partial charge in [0.15, 0.2) is 0 Å². The molecule has 0 atom stereocenters. The molecule has 8 heteroatoms. The highest BCUT2D eigenvalue weighted by Crippen LogP contribution is 2.16. The molecule has 0 saturated heterocycles. The fourth-order valence-corrected chi connectivity index (χ4v) is 2.76. The van der Waals surface area contributed by atoms with Crippen molar-refractivity contribution in [3.8, 4) is 5.75 Å². The maximum absolute atomic E-state index is 12.5. The van der Waals surface area contributed by atoms with Crippen molar-refractivity contribution in [2.24, 2.45) is 0 Å². The Bertz CT molecular complexity index is 1030. The lowest BCUT2D eigenvalue weighted by molar-refractivity contribution is -0.479. The van der Waals surface area contributed by atoms with E-state index < -0.39 is 19.2 Å². The molecule has 0 saturated carbocycles. The van der Waals surface area contributed by atoms with E-state index in [4.69, 9.17) is 4.74 Å². The van der Waals surface area contributed by atoms with E-state index in [1.165, 1.54) is 24.3 Å². The SMILES string of the molecule is O=C(CCc1ccc(O)cc1)OCc1c(CO)[n+](=O)c2ccccc2n1[O-]. The molecule has 3 aromatic rings. The number of hydrogen-bond acceptors (Lipinski definition) is 6. The van der Waals surface area contributed by atoms with Crippen molar-refractivity contribution in [3.63, 3.8) is 0 Å². The zero-order valence-corrected chi connectivity index (χ0v) is 14.4. The zero-order chi connectivity index (χ0) is 19.4. The third-order valence-corrected chi connectivity index (χ3v) is 4.22. The molecule has 0 fully saturated rings. The van der Waals surface area contributed by atoms with Crippen LogP contribution in [0.3, 0.4) is 0 Å². The smallest absolute Gasteiger partial charge is 0.306 e. The molecule has 0 radical (unpaired) electrons. The van der Waals surface area contributed by atoms with E-state index >= 15 is 0 Å². The maximum atomic E-state index is 12.5. The number of para-hydroxylation sites is 2. The van der Waals surface area contributed by atoms with Crippen LogP contribution >= 0.6 is 0 Å². The molecule has 0 unspecified atom stereocenters. The lowest BCUT2D eigenvalue weighted by Gasteiger charge is -2.18. The first-order valence-electron chi connectivity index (χ1n) is 8.31. The number of carbonyl (C=O) groups excluding carboxylic acids is 1. The van der Waals surface area contributed by atoms with E-state index in [0.29, 0.717) is 15.6 Å². The van der Waals surface area contributed by atoms with E-state index in [1.807, 2.05) is 0 Å². The third-order valence-electron chi connectivity index (χ3n) is 4.22. The summed E-state index contributed by atoms with van der Waals surface area (Å²) in [7, 11) is 0. The van der Waals surface area contributed by atoms with Gasteiger partial charge in [-0.25, -0.2) is 0 Å². The van der Waals surface area contributed by atoms with Crippen LogP contribution in [0.25, 0.3) is 11.0 Å². The molecule has 0 bridgehead atoms. The molecule has 0 amide bonds. The predicted octanol–water partition coefficient (Wildman–Crippen LogP) is 1.78. The molecule has 1 aromatic heterocycles. The number of aliphatic hydroxyl groups excluding tert-OH is 1. The second-order valence-corrected chi connectivity index (χ2v) is 5.96. The first-order valence-corrected chi connectivity index (χ1v) is 8.31. The quantitative estimate of drug-likeness (QED) is 0.504. The van der Waals surface area contributed by atoms with Gasteiger partial charge in [-0.15, -0.1) is 0 Å². The average molecular weight is 370 g/mol. The van der Waals surface area contributed by atoms with Crippen LogP contribution in [0.4, 0.5) is 0 Å². The molecular weight excluding hydrogens is 352 g/mol. The van der Waals surface area contributed by atoms with Gasteiger partial charge in [0, 0.05) is 17.4 Å². The average Bonchev–Trinajstić information content (AvgIpc) is 2.69. The normalized spacial score (nSPS) is 10.9. The summed E-state index contributed by atoms with van der Waals surface area (Å²) in [6.45, 7) is -1.07. The Labute approximate surface area is 154 Å². The number of aryl methyl sites for hydroxylation is 1. The van der Waals surface area contributed by atoms with Gasteiger partial charge >= 0.3 is 5.97 Å². The molecule has 140 valence electrons. The summed E-state index contributed by atoms with van der Waals surface area (Å²) >= 11 is 0. The van der Waals surface area contributed by atoms with Gasteiger partial charge in [0.1, 0.15) is 30.2 Å². The topological polar surface area (TPSA) is 118 Å². The van der Waals surface area contributed by atoms with Gasteiger partial charge in [-0.2, -0.15) is 0 Å². The zero-order valence-electron chi connectivity index (χ0n) is 14.4. The van der Waals surface area contributed by atoms with E-state index in [-0.39, 0.29) is 34.6 Å². The molecule has 3 rings (SSSR count). The van der Waals surface area contributed by atoms with Crippen molar-refractivity contribution >= 4 is 17.0 Å². The van der Waals surface area contributed by atoms with Crippen LogP contribution < -0.4 is 4.43 Å². The number of rotatable bonds is 6. The number of phenolic OH excluding ortho intramolecular Hbond substituents is 1. The Morgan fingerprint density at radius 3 is 2.56 bits per heavy atom. The molecule has 2 aromatic carbocycles. The van der Waals surface area contributed by atoms with Crippen molar-refractivity contribution in [1.82, 2.24) is 4.73 Å². The number of aromatic hydroxyl groups is 1. The summed E-state index contributed by atoms with van der Waals surface area (Å²) in [5.41, 5.74) is 0.834. The summed E-state index contributed by atoms with van der Waals surface area (Å²) in [6.07, 6.45) is 0.478. The van der Waals surface area contributed by atoms with Gasteiger partial charge < -0.3 is 24.9 Å². The number of carbonyl (C=O) groups is 1. The lowest BCUT2D eigenvalue weighted by Crippen LogP contribution is -2.28. The number of aliphatic hydroxyl groups is 1. The monoisotopic (exact) mass is 370 g/mol. The van der Waals surface area contributed by atoms with Crippen LogP contribution in [0.2, 0.25) is 0 Å². The molecule has 8 nitrogen and oxygen atoms in total. The van der Waals surface area contributed by atoms with E-state index in [2.05, 4.69) is 0 Å². The van der Waals surface area contributed by atoms with Crippen LogP contribution in [0.5, 0.6) is 5.75 Å². The minimum absolute atomic E-state index is 0.0725. The standard InChI is InChI=1S/C19H18N2O6/c22-11-17-18(21(26)16-4-2-1-3-15(16)20(17)25)12-27-19(24)10-7-13-5-8-14(23)9-6-13/h1-6,8-9,22-23H,7,10-12H2. The number of hydrogen-bond donors (Lipinski definition) is 2. The van der Waals surface area contributed by atoms with Crippen molar-refractivity contribution in [2.75, 3.05) is 0 Å². The fraction of sp³-hybridized carbons (Fsp3) is 0.211. The Balaban J connectivity index is 1.74. The van der Waals surface area contributed by atoms with Crippen molar-refractivity contribution < 1.29 is 24.2 Å². The summed E-state index contributed by atoms with van der Waals surface area (Å²) in [4.78, 5) is 24.3. The second kappa shape index (κ2) is 7.88. The lowest BCUT2D eigenvalue weighted by atomic mass is 10.1. The van der Waals surface area contributed by atoms with Crippen LogP contribution in [-0.2, 0) is 29.2 Å². The molecule has 1 heterocycles. The third kappa shape index (κ3) is 3.90. The summed E-state index contributed by atoms with van der Waals surface area (Å²) in [5, 5.41) is 31.3. The van der Waals surface area contributed by atoms with Gasteiger partial charge in [-0.05, 0) is 30.2 Å². The number of aromatic nitrogens is 2. The number of ether oxygens (including phenoxy) is 1. The van der Waals surface area contributed by atoms with Crippen molar-refractivity contribution in [1.29, 1.82) is 0 Å². The highest BCUT2D eigenvalue weighted by molar-refractivity contribution is 5.72. The van der Waals surface area contributed by atoms with E-state index in [0.717, 1.165) is 5.56 Å². The van der Waals surface area contributed by atoms with Crippen LogP contribution in [0.1, 0.15) is 23.4 Å². The highest BCUT2D eigenvalue weighted by Gasteiger charge is 2.22. The van der Waals surface area contributed by atoms with E-state index in [9.17, 15) is 25.1 Å². The number of nitrogens with zero attached hydrogens (tertiary/aromatic N) is 2. The highest BCUT2D eigenvalue weighted by atomic mass is 16.5. The minimum Gasteiger partial charge on any atom is -0.805 e. The number of esters is 1. The van der Waals surface area contributed by atoms with Crippen LogP contribution in [-0.4, -0.2) is 20.9 Å². The molecular formula is C19H18N2O6. The molecule has 2 N–H and O–H groups in total. The Morgan fingerprint density at radius 2 is 1.85 bits per heavy atom. The van der Waals surface area contributed by atoms with Crippen molar-refractivity contribution in [2.45, 2.75) is 26.1 Å². The van der Waals surface area contributed by atoms with Gasteiger partial charge in [-0.3, -0.25) is 4.79 Å². The van der Waals surface area contributed by atoms with E-state index in [1.54, 1.807) is 24.3 Å². The summed E-state index contributed by atoms with van der Waals surface area (Å²) in [5.74, 6) is -0.405. The minimum atomic E-state index is -0.656. The maximum Gasteiger partial charge on any atom is 0.306 e. The van der Waals surface area contributed by atoms with Gasteiger partial charge in [-0.1, -0.05) is 24.3 Å². The van der Waals surface area contributed by atoms with Gasteiger partial charge in [0.2, 0.25) is 0 Å². The second-order valence-electron chi connectivity index (χ2n) is 5.96. The Morgan fingerprint density at radius 1 is 1.15 bits per heavy atom. The van der Waals surface area contributed by atoms with Gasteiger partial charge in [0.25, 0.3) is 11.2 Å².